The van der Waals surface area contributed by atoms with Crippen molar-refractivity contribution in [3.8, 4) is 0 Å². The number of amides is 1. The van der Waals surface area contributed by atoms with Crippen LogP contribution < -0.4 is 15.5 Å². The standard InChI is InChI=1S/C22H19N3O4S/c26-21-16-9-4-5-12-19(16)25-20-17(21)10-6-11-18(20)22(27)23-13-14-24-30(28,29)15-7-2-1-3-8-15/h1-12,24H,13-14H2,(H,23,27)(H,25,26). The van der Waals surface area contributed by atoms with Gasteiger partial charge in [0.1, 0.15) is 0 Å². The number of H-pyrrole nitrogens is 1. The van der Waals surface area contributed by atoms with Crippen molar-refractivity contribution in [3.63, 3.8) is 0 Å². The molecule has 7 nitrogen and oxygen atoms in total. The lowest BCUT2D eigenvalue weighted by Gasteiger charge is -2.10. The first-order valence-corrected chi connectivity index (χ1v) is 10.8. The lowest BCUT2D eigenvalue weighted by atomic mass is 10.1. The van der Waals surface area contributed by atoms with Gasteiger partial charge in [-0.3, -0.25) is 9.59 Å². The number of rotatable bonds is 6. The van der Waals surface area contributed by atoms with Crippen molar-refractivity contribution in [3.05, 3.63) is 88.6 Å². The Hall–Kier alpha value is -3.49. The van der Waals surface area contributed by atoms with Gasteiger partial charge in [0.05, 0.1) is 16.0 Å². The lowest BCUT2D eigenvalue weighted by Crippen LogP contribution is -2.34. The van der Waals surface area contributed by atoms with E-state index in [1.165, 1.54) is 12.1 Å². The second-order valence-corrected chi connectivity index (χ2v) is 8.46. The van der Waals surface area contributed by atoms with Crippen LogP contribution in [0.3, 0.4) is 0 Å². The fourth-order valence-electron chi connectivity index (χ4n) is 3.27. The number of nitrogens with one attached hydrogen (secondary N) is 3. The fourth-order valence-corrected chi connectivity index (χ4v) is 4.33. The third-order valence-corrected chi connectivity index (χ3v) is 6.22. The number of carbonyl (C=O) groups excluding carboxylic acids is 1. The van der Waals surface area contributed by atoms with Gasteiger partial charge in [0.15, 0.2) is 5.43 Å². The van der Waals surface area contributed by atoms with Crippen molar-refractivity contribution < 1.29 is 13.2 Å². The first kappa shape index (κ1) is 19.8. The molecule has 3 N–H and O–H groups in total. The maximum absolute atomic E-state index is 12.7. The Balaban J connectivity index is 1.51. The summed E-state index contributed by atoms with van der Waals surface area (Å²) >= 11 is 0. The molecule has 0 radical (unpaired) electrons. The number of benzene rings is 3. The van der Waals surface area contributed by atoms with Crippen molar-refractivity contribution in [1.82, 2.24) is 15.0 Å². The number of hydrogen-bond acceptors (Lipinski definition) is 4. The van der Waals surface area contributed by atoms with Crippen LogP contribution in [0.4, 0.5) is 0 Å². The lowest BCUT2D eigenvalue weighted by molar-refractivity contribution is 0.0956. The van der Waals surface area contributed by atoms with Gasteiger partial charge in [0, 0.05) is 29.4 Å². The zero-order chi connectivity index (χ0) is 21.1. The molecule has 4 aromatic rings. The number of fused-ring (bicyclic) bond motifs is 2. The van der Waals surface area contributed by atoms with Crippen LogP contribution in [0.15, 0.2) is 82.5 Å². The molecule has 0 saturated carbocycles. The van der Waals surface area contributed by atoms with E-state index >= 15 is 0 Å². The van der Waals surface area contributed by atoms with Crippen LogP contribution in [0.1, 0.15) is 10.4 Å². The van der Waals surface area contributed by atoms with Crippen molar-refractivity contribution in [2.45, 2.75) is 4.90 Å². The summed E-state index contributed by atoms with van der Waals surface area (Å²) in [6.45, 7) is 0.131. The van der Waals surface area contributed by atoms with Gasteiger partial charge >= 0.3 is 0 Å². The highest BCUT2D eigenvalue weighted by Crippen LogP contribution is 2.18. The Morgan fingerprint density at radius 1 is 0.833 bits per heavy atom. The third-order valence-electron chi connectivity index (χ3n) is 4.74. The maximum atomic E-state index is 12.7. The zero-order valence-corrected chi connectivity index (χ0v) is 16.7. The minimum Gasteiger partial charge on any atom is -0.354 e. The molecule has 0 aliphatic carbocycles. The molecule has 4 rings (SSSR count). The summed E-state index contributed by atoms with van der Waals surface area (Å²) in [5.74, 6) is -0.398. The molecule has 0 unspecified atom stereocenters. The van der Waals surface area contributed by atoms with Crippen LogP contribution in [-0.4, -0.2) is 32.4 Å². The Morgan fingerprint density at radius 3 is 2.33 bits per heavy atom. The number of pyridine rings is 1. The summed E-state index contributed by atoms with van der Waals surface area (Å²) in [6.07, 6.45) is 0. The van der Waals surface area contributed by atoms with Gasteiger partial charge in [0.2, 0.25) is 10.0 Å². The number of hydrogen-bond donors (Lipinski definition) is 3. The molecular weight excluding hydrogens is 402 g/mol. The number of aromatic amines is 1. The summed E-state index contributed by atoms with van der Waals surface area (Å²) in [6, 6.07) is 20.1. The van der Waals surface area contributed by atoms with Crippen molar-refractivity contribution in [2.24, 2.45) is 0 Å². The smallest absolute Gasteiger partial charge is 0.253 e. The Bertz CT molecular complexity index is 1400. The van der Waals surface area contributed by atoms with Crippen LogP contribution >= 0.6 is 0 Å². The summed E-state index contributed by atoms with van der Waals surface area (Å²) in [7, 11) is -3.64. The minimum absolute atomic E-state index is 0.0349. The quantitative estimate of drug-likeness (QED) is 0.328. The van der Waals surface area contributed by atoms with Gasteiger partial charge < -0.3 is 10.3 Å². The van der Waals surface area contributed by atoms with Gasteiger partial charge in [0.25, 0.3) is 5.91 Å². The largest absolute Gasteiger partial charge is 0.354 e. The van der Waals surface area contributed by atoms with E-state index in [0.29, 0.717) is 27.4 Å². The average molecular weight is 421 g/mol. The van der Waals surface area contributed by atoms with Crippen LogP contribution in [-0.2, 0) is 10.0 Å². The molecule has 0 saturated heterocycles. The zero-order valence-electron chi connectivity index (χ0n) is 15.9. The second kappa shape index (κ2) is 8.10. The number of sulfonamides is 1. The molecule has 0 atom stereocenters. The second-order valence-electron chi connectivity index (χ2n) is 6.69. The fraction of sp³-hybridized carbons (Fsp3) is 0.0909. The Kier molecular flexibility index (Phi) is 5.35. The third kappa shape index (κ3) is 3.83. The van der Waals surface area contributed by atoms with E-state index in [1.807, 2.05) is 6.07 Å². The van der Waals surface area contributed by atoms with Crippen molar-refractivity contribution >= 4 is 37.7 Å². The van der Waals surface area contributed by atoms with Gasteiger partial charge in [-0.2, -0.15) is 0 Å². The van der Waals surface area contributed by atoms with Gasteiger partial charge in [-0.1, -0.05) is 36.4 Å². The number of para-hydroxylation sites is 2. The predicted molar refractivity (Wildman–Crippen MR) is 116 cm³/mol. The highest BCUT2D eigenvalue weighted by atomic mass is 32.2. The molecule has 0 bridgehead atoms. The van der Waals surface area contributed by atoms with Gasteiger partial charge in [-0.25, -0.2) is 13.1 Å². The van der Waals surface area contributed by atoms with E-state index in [9.17, 15) is 18.0 Å². The van der Waals surface area contributed by atoms with Crippen LogP contribution in [0.25, 0.3) is 21.8 Å². The van der Waals surface area contributed by atoms with Gasteiger partial charge in [-0.05, 0) is 36.4 Å². The average Bonchev–Trinajstić information content (AvgIpc) is 2.77. The van der Waals surface area contributed by atoms with E-state index < -0.39 is 15.9 Å². The maximum Gasteiger partial charge on any atom is 0.253 e. The van der Waals surface area contributed by atoms with E-state index in [0.717, 1.165) is 0 Å². The summed E-state index contributed by atoms with van der Waals surface area (Å²) in [5, 5.41) is 3.67. The molecule has 1 heterocycles. The first-order chi connectivity index (χ1) is 14.5. The molecule has 8 heteroatoms. The number of aromatic nitrogens is 1. The molecular formula is C22H19N3O4S. The van der Waals surface area contributed by atoms with Crippen LogP contribution in [0.5, 0.6) is 0 Å². The van der Waals surface area contributed by atoms with Crippen molar-refractivity contribution in [2.75, 3.05) is 13.1 Å². The van der Waals surface area contributed by atoms with E-state index in [4.69, 9.17) is 0 Å². The molecule has 1 aromatic heterocycles. The number of carbonyl (C=O) groups is 1. The first-order valence-electron chi connectivity index (χ1n) is 9.34. The van der Waals surface area contributed by atoms with E-state index in [1.54, 1.807) is 54.6 Å². The molecule has 0 aliphatic rings. The predicted octanol–water partition coefficient (Wildman–Crippen LogP) is 2.39. The van der Waals surface area contributed by atoms with Crippen LogP contribution in [0.2, 0.25) is 0 Å². The Morgan fingerprint density at radius 2 is 1.53 bits per heavy atom. The molecule has 1 amide bonds. The van der Waals surface area contributed by atoms with Crippen molar-refractivity contribution in [1.29, 1.82) is 0 Å². The molecule has 3 aromatic carbocycles. The summed E-state index contributed by atoms with van der Waals surface area (Å²) in [5.41, 5.74) is 1.26. The molecule has 0 aliphatic heterocycles. The summed E-state index contributed by atoms with van der Waals surface area (Å²) in [4.78, 5) is 28.8. The van der Waals surface area contributed by atoms with Gasteiger partial charge in [-0.15, -0.1) is 0 Å². The van der Waals surface area contributed by atoms with E-state index in [-0.39, 0.29) is 23.4 Å². The van der Waals surface area contributed by atoms with Crippen LogP contribution in [0, 0.1) is 0 Å². The molecule has 30 heavy (non-hydrogen) atoms. The highest BCUT2D eigenvalue weighted by Gasteiger charge is 2.15. The Labute approximate surface area is 172 Å². The SMILES string of the molecule is O=C(NCCNS(=O)(=O)c1ccccc1)c1cccc2c(=O)c3ccccc3[nH]c12. The topological polar surface area (TPSA) is 108 Å². The highest BCUT2D eigenvalue weighted by molar-refractivity contribution is 7.89. The normalized spacial score (nSPS) is 11.6. The molecule has 152 valence electrons. The molecule has 0 fully saturated rings. The monoisotopic (exact) mass is 421 g/mol. The summed E-state index contributed by atoms with van der Waals surface area (Å²) < 4.78 is 26.9. The van der Waals surface area contributed by atoms with E-state index in [2.05, 4.69) is 15.0 Å². The molecule has 0 spiro atoms. The minimum atomic E-state index is -3.64.